The van der Waals surface area contributed by atoms with Crippen LogP contribution in [0.15, 0.2) is 77.3 Å². The number of thiocarbonyl (C=S) groups is 1. The summed E-state index contributed by atoms with van der Waals surface area (Å²) in [5, 5.41) is 25.5. The first-order valence-corrected chi connectivity index (χ1v) is 13.3. The van der Waals surface area contributed by atoms with Gasteiger partial charge in [-0.15, -0.1) is 0 Å². The van der Waals surface area contributed by atoms with Crippen molar-refractivity contribution in [3.8, 4) is 17.1 Å². The lowest BCUT2D eigenvalue weighted by atomic mass is 10.0. The Bertz CT molecular complexity index is 1680. The minimum atomic E-state index is -1.27. The third kappa shape index (κ3) is 6.03. The molecular formula is C30H26N4O8S. The van der Waals surface area contributed by atoms with Gasteiger partial charge in [0.05, 0.1) is 35.7 Å². The zero-order chi connectivity index (χ0) is 30.7. The number of anilines is 2. The summed E-state index contributed by atoms with van der Waals surface area (Å²) in [4.78, 5) is 42.0. The number of aromatic carboxylic acids is 2. The average Bonchev–Trinajstić information content (AvgIpc) is 3.62. The molecule has 0 saturated carbocycles. The SMILES string of the molecule is COCC(=O)Nc1cc(N2C(=S)N[C@@H](c3ccccn3)[C@H]2c2ccc(-c3cc(C(=O)O)cc(C(=O)O)c3)o2)ccc1OC. The van der Waals surface area contributed by atoms with E-state index in [0.717, 1.165) is 6.07 Å². The molecular weight excluding hydrogens is 576 g/mol. The van der Waals surface area contributed by atoms with Crippen LogP contribution in [0.1, 0.15) is 44.3 Å². The summed E-state index contributed by atoms with van der Waals surface area (Å²) in [7, 11) is 2.91. The van der Waals surface area contributed by atoms with Crippen molar-refractivity contribution in [1.82, 2.24) is 10.3 Å². The van der Waals surface area contributed by atoms with E-state index in [1.54, 1.807) is 42.6 Å². The molecule has 4 N–H and O–H groups in total. The Hall–Kier alpha value is -5.27. The van der Waals surface area contributed by atoms with Crippen molar-refractivity contribution >= 4 is 46.6 Å². The van der Waals surface area contributed by atoms with E-state index in [0.29, 0.717) is 33.7 Å². The number of carbonyl (C=O) groups is 3. The fourth-order valence-corrected chi connectivity index (χ4v) is 5.21. The molecule has 1 aliphatic heterocycles. The standard InChI is InChI=1S/C30H26N4O8S/c1-40-15-25(35)32-21-14-19(6-7-23(21)41-2)34-27(26(33-30(34)43)20-5-3-4-10-31-20)24-9-8-22(42-24)16-11-17(28(36)37)13-18(12-16)29(38)39/h3-14,26-27H,15H2,1-2H3,(H,32,35)(H,33,43)(H,36,37)(H,38,39)/t26-,27+/m0/s1. The van der Waals surface area contributed by atoms with Crippen LogP contribution >= 0.6 is 12.2 Å². The number of furan rings is 1. The number of aromatic nitrogens is 1. The number of ether oxygens (including phenoxy) is 2. The molecule has 12 nitrogen and oxygen atoms in total. The van der Waals surface area contributed by atoms with Gasteiger partial charge in [-0.05, 0) is 72.9 Å². The second kappa shape index (κ2) is 12.3. The molecule has 4 aromatic rings. The fourth-order valence-electron chi connectivity index (χ4n) is 4.87. The van der Waals surface area contributed by atoms with Crippen LogP contribution in [-0.2, 0) is 9.53 Å². The largest absolute Gasteiger partial charge is 0.495 e. The van der Waals surface area contributed by atoms with Gasteiger partial charge in [-0.1, -0.05) is 6.07 Å². The minimum absolute atomic E-state index is 0.150. The van der Waals surface area contributed by atoms with Gasteiger partial charge in [0.2, 0.25) is 5.91 Å². The molecule has 1 amide bonds. The maximum atomic E-state index is 12.3. The summed E-state index contributed by atoms with van der Waals surface area (Å²) in [6, 6.07) is 16.8. The van der Waals surface area contributed by atoms with E-state index in [1.807, 2.05) is 17.0 Å². The molecule has 2 aromatic heterocycles. The highest BCUT2D eigenvalue weighted by atomic mass is 32.1. The first-order valence-electron chi connectivity index (χ1n) is 12.9. The summed E-state index contributed by atoms with van der Waals surface area (Å²) >= 11 is 5.78. The van der Waals surface area contributed by atoms with E-state index in [4.69, 9.17) is 26.1 Å². The molecule has 0 spiro atoms. The maximum absolute atomic E-state index is 12.3. The first-order chi connectivity index (χ1) is 20.7. The van der Waals surface area contributed by atoms with Crippen LogP contribution in [0.5, 0.6) is 5.75 Å². The van der Waals surface area contributed by atoms with Gasteiger partial charge in [-0.2, -0.15) is 0 Å². The van der Waals surface area contributed by atoms with Gasteiger partial charge in [0.15, 0.2) is 5.11 Å². The van der Waals surface area contributed by atoms with Crippen LogP contribution in [0.2, 0.25) is 0 Å². The Morgan fingerprint density at radius 2 is 1.77 bits per heavy atom. The number of hydrogen-bond donors (Lipinski definition) is 4. The Kier molecular flexibility index (Phi) is 8.36. The summed E-state index contributed by atoms with van der Waals surface area (Å²) in [6.45, 7) is -0.150. The number of nitrogens with zero attached hydrogens (tertiary/aromatic N) is 2. The topological polar surface area (TPSA) is 163 Å². The Balaban J connectivity index is 1.60. The van der Waals surface area contributed by atoms with Crippen LogP contribution in [0, 0.1) is 0 Å². The van der Waals surface area contributed by atoms with Gasteiger partial charge in [-0.25, -0.2) is 9.59 Å². The fraction of sp³-hybridized carbons (Fsp3) is 0.167. The third-order valence-electron chi connectivity index (χ3n) is 6.74. The molecule has 0 bridgehead atoms. The van der Waals surface area contributed by atoms with Crippen molar-refractivity contribution < 1.29 is 38.5 Å². The number of rotatable bonds is 10. The molecule has 1 aliphatic rings. The molecule has 2 atom stereocenters. The summed E-state index contributed by atoms with van der Waals surface area (Å²) in [5.74, 6) is -1.77. The number of benzene rings is 2. The highest BCUT2D eigenvalue weighted by Gasteiger charge is 2.43. The number of carboxylic acids is 2. The lowest BCUT2D eigenvalue weighted by molar-refractivity contribution is -0.119. The normalized spacial score (nSPS) is 16.0. The lowest BCUT2D eigenvalue weighted by Gasteiger charge is -2.27. The van der Waals surface area contributed by atoms with E-state index in [1.165, 1.54) is 26.4 Å². The molecule has 0 aliphatic carbocycles. The number of methoxy groups -OCH3 is 2. The number of pyridine rings is 1. The van der Waals surface area contributed by atoms with E-state index in [9.17, 15) is 24.6 Å². The van der Waals surface area contributed by atoms with Gasteiger partial charge in [0.25, 0.3) is 0 Å². The predicted octanol–water partition coefficient (Wildman–Crippen LogP) is 4.51. The summed E-state index contributed by atoms with van der Waals surface area (Å²) in [6.07, 6.45) is 1.66. The number of amides is 1. The van der Waals surface area contributed by atoms with Gasteiger partial charge in [-0.3, -0.25) is 9.78 Å². The molecule has 1 saturated heterocycles. The number of carbonyl (C=O) groups excluding carboxylic acids is 1. The zero-order valence-corrected chi connectivity index (χ0v) is 23.8. The van der Waals surface area contributed by atoms with Gasteiger partial charge < -0.3 is 39.6 Å². The predicted molar refractivity (Wildman–Crippen MR) is 159 cm³/mol. The van der Waals surface area contributed by atoms with Crippen molar-refractivity contribution in [3.05, 3.63) is 95.5 Å². The quantitative estimate of drug-likeness (QED) is 0.188. The van der Waals surface area contributed by atoms with Crippen molar-refractivity contribution in [1.29, 1.82) is 0 Å². The second-order valence-electron chi connectivity index (χ2n) is 9.47. The number of nitrogens with one attached hydrogen (secondary N) is 2. The second-order valence-corrected chi connectivity index (χ2v) is 9.86. The van der Waals surface area contributed by atoms with E-state index < -0.39 is 24.0 Å². The van der Waals surface area contributed by atoms with Crippen LogP contribution in [0.3, 0.4) is 0 Å². The highest BCUT2D eigenvalue weighted by Crippen LogP contribution is 2.44. The Labute approximate surface area is 250 Å². The molecule has 43 heavy (non-hydrogen) atoms. The van der Waals surface area contributed by atoms with Crippen LogP contribution in [0.25, 0.3) is 11.3 Å². The molecule has 220 valence electrons. The molecule has 5 rings (SSSR count). The van der Waals surface area contributed by atoms with E-state index in [-0.39, 0.29) is 35.0 Å². The molecule has 0 unspecified atom stereocenters. The Morgan fingerprint density at radius 3 is 2.40 bits per heavy atom. The van der Waals surface area contributed by atoms with Gasteiger partial charge in [0.1, 0.15) is 29.9 Å². The Morgan fingerprint density at radius 1 is 1.02 bits per heavy atom. The molecule has 3 heterocycles. The first kappa shape index (κ1) is 29.2. The third-order valence-corrected chi connectivity index (χ3v) is 7.05. The smallest absolute Gasteiger partial charge is 0.335 e. The molecule has 0 radical (unpaired) electrons. The van der Waals surface area contributed by atoms with Crippen molar-refractivity contribution in [2.75, 3.05) is 31.0 Å². The summed E-state index contributed by atoms with van der Waals surface area (Å²) in [5.41, 5.74) is 1.59. The van der Waals surface area contributed by atoms with Crippen molar-refractivity contribution in [2.24, 2.45) is 0 Å². The molecule has 1 fully saturated rings. The zero-order valence-electron chi connectivity index (χ0n) is 22.9. The van der Waals surface area contributed by atoms with Gasteiger partial charge >= 0.3 is 11.9 Å². The average molecular weight is 603 g/mol. The lowest BCUT2D eigenvalue weighted by Crippen LogP contribution is -2.29. The number of hydrogen-bond acceptors (Lipinski definition) is 8. The van der Waals surface area contributed by atoms with E-state index >= 15 is 0 Å². The van der Waals surface area contributed by atoms with Crippen molar-refractivity contribution in [2.45, 2.75) is 12.1 Å². The van der Waals surface area contributed by atoms with Crippen molar-refractivity contribution in [3.63, 3.8) is 0 Å². The highest BCUT2D eigenvalue weighted by molar-refractivity contribution is 7.80. The van der Waals surface area contributed by atoms with E-state index in [2.05, 4.69) is 15.6 Å². The molecule has 2 aromatic carbocycles. The minimum Gasteiger partial charge on any atom is -0.495 e. The summed E-state index contributed by atoms with van der Waals surface area (Å²) < 4.78 is 16.7. The van der Waals surface area contributed by atoms with Crippen LogP contribution in [-0.4, -0.2) is 59.0 Å². The molecule has 13 heteroatoms. The number of carboxylic acid groups (broad SMARTS) is 2. The maximum Gasteiger partial charge on any atom is 0.335 e. The van der Waals surface area contributed by atoms with Crippen LogP contribution in [0.4, 0.5) is 11.4 Å². The van der Waals surface area contributed by atoms with Gasteiger partial charge in [0, 0.05) is 24.6 Å². The monoisotopic (exact) mass is 602 g/mol. The van der Waals surface area contributed by atoms with Crippen LogP contribution < -0.4 is 20.3 Å².